The van der Waals surface area contributed by atoms with Gasteiger partial charge in [0, 0.05) is 27.3 Å². The molecule has 27 heavy (non-hydrogen) atoms. The Bertz CT molecular complexity index is 752. The maximum absolute atomic E-state index is 13.2. The molecule has 0 heterocycles. The molecular weight excluding hydrogens is 379 g/mol. The minimum atomic E-state index is -5.28. The van der Waals surface area contributed by atoms with Gasteiger partial charge in [-0.2, -0.15) is 13.2 Å². The average Bonchev–Trinajstić information content (AvgIpc) is 2.57. The van der Waals surface area contributed by atoms with Crippen LogP contribution in [0.15, 0.2) is 6.07 Å². The second-order valence-corrected chi connectivity index (χ2v) is 5.21. The van der Waals surface area contributed by atoms with Gasteiger partial charge < -0.3 is 20.3 Å². The van der Waals surface area contributed by atoms with E-state index in [9.17, 15) is 43.1 Å². The monoisotopic (exact) mass is 395 g/mol. The van der Waals surface area contributed by atoms with Crippen molar-refractivity contribution >= 4 is 17.6 Å². The molecule has 10 nitrogen and oxygen atoms in total. The van der Waals surface area contributed by atoms with E-state index in [-0.39, 0.29) is 24.1 Å². The zero-order chi connectivity index (χ0) is 20.9. The fourth-order valence-electron chi connectivity index (χ4n) is 2.05. The van der Waals surface area contributed by atoms with Gasteiger partial charge in [-0.25, -0.2) is 4.79 Å². The number of amides is 3. The molecule has 3 amide bonds. The van der Waals surface area contributed by atoms with E-state index in [4.69, 9.17) is 4.74 Å². The highest BCUT2D eigenvalue weighted by atomic mass is 19.4. The number of aromatic hydroxyl groups is 2. The number of halogens is 3. The number of carbonyl (C=O) groups excluding carboxylic acids is 2. The molecule has 0 atom stereocenters. The first-order valence-corrected chi connectivity index (χ1v) is 7.28. The van der Waals surface area contributed by atoms with Crippen molar-refractivity contribution in [2.45, 2.75) is 12.6 Å². The number of phenols is 2. The molecule has 0 unspecified atom stereocenters. The number of ether oxygens (including phenoxy) is 1. The van der Waals surface area contributed by atoms with Gasteiger partial charge in [0.1, 0.15) is 5.56 Å². The summed E-state index contributed by atoms with van der Waals surface area (Å²) >= 11 is 0. The van der Waals surface area contributed by atoms with E-state index in [1.54, 1.807) is 0 Å². The first kappa shape index (κ1) is 22.0. The Hall–Kier alpha value is -3.09. The van der Waals surface area contributed by atoms with Gasteiger partial charge in [-0.3, -0.25) is 19.8 Å². The van der Waals surface area contributed by atoms with Crippen LogP contribution in [0.25, 0.3) is 0 Å². The van der Waals surface area contributed by atoms with Crippen molar-refractivity contribution in [1.82, 2.24) is 10.2 Å². The largest absolute Gasteiger partial charge is 0.504 e. The predicted molar refractivity (Wildman–Crippen MR) is 83.4 cm³/mol. The molecule has 3 N–H and O–H groups in total. The molecule has 1 aromatic carbocycles. The van der Waals surface area contributed by atoms with Gasteiger partial charge in [-0.1, -0.05) is 0 Å². The Morgan fingerprint density at radius 3 is 2.44 bits per heavy atom. The number of nitrogens with one attached hydrogen (secondary N) is 1. The zero-order valence-corrected chi connectivity index (χ0v) is 14.2. The number of hydrogen-bond donors (Lipinski definition) is 3. The lowest BCUT2D eigenvalue weighted by Crippen LogP contribution is -2.42. The molecule has 1 rings (SSSR count). The lowest BCUT2D eigenvalue weighted by Gasteiger charge is -2.19. The summed E-state index contributed by atoms with van der Waals surface area (Å²) in [5.41, 5.74) is -5.10. The Morgan fingerprint density at radius 1 is 1.37 bits per heavy atom. The van der Waals surface area contributed by atoms with Crippen molar-refractivity contribution in [3.05, 3.63) is 27.3 Å². The lowest BCUT2D eigenvalue weighted by atomic mass is 10.0. The molecule has 0 saturated carbocycles. The molecule has 13 heteroatoms. The fraction of sp³-hybridized carbons (Fsp3) is 0.429. The Labute approximate surface area is 150 Å². The molecular formula is C14H16F3N3O7. The second-order valence-electron chi connectivity index (χ2n) is 5.21. The Kier molecular flexibility index (Phi) is 6.93. The standard InChI is InChI=1S/C14H16F3N3O7/c1-19(13(24)18-4-3-5-27-2)12(23)9-7(14(15,16)17)6-8(21)11(22)10(9)20(25)26/h6,21-22H,3-5H2,1-2H3,(H,18,24). The van der Waals surface area contributed by atoms with Crippen molar-refractivity contribution in [3.8, 4) is 11.5 Å². The van der Waals surface area contributed by atoms with Crippen molar-refractivity contribution in [2.24, 2.45) is 0 Å². The summed E-state index contributed by atoms with van der Waals surface area (Å²) in [5.74, 6) is -4.64. The van der Waals surface area contributed by atoms with Gasteiger partial charge in [-0.15, -0.1) is 0 Å². The fourth-order valence-corrected chi connectivity index (χ4v) is 2.05. The van der Waals surface area contributed by atoms with Crippen LogP contribution in [0, 0.1) is 10.1 Å². The number of phenolic OH excluding ortho intramolecular Hbond substituents is 2. The van der Waals surface area contributed by atoms with E-state index in [2.05, 4.69) is 5.32 Å². The smallest absolute Gasteiger partial charge is 0.417 e. The van der Waals surface area contributed by atoms with Gasteiger partial charge in [0.15, 0.2) is 5.75 Å². The highest BCUT2D eigenvalue weighted by Crippen LogP contribution is 2.45. The molecule has 0 bridgehead atoms. The number of imide groups is 1. The predicted octanol–water partition coefficient (Wildman–Crippen LogP) is 1.84. The summed E-state index contributed by atoms with van der Waals surface area (Å²) in [7, 11) is 2.22. The molecule has 0 aliphatic heterocycles. The molecule has 0 fully saturated rings. The molecule has 0 spiro atoms. The van der Waals surface area contributed by atoms with Gasteiger partial charge in [0.05, 0.1) is 10.5 Å². The highest BCUT2D eigenvalue weighted by molar-refractivity contribution is 6.08. The quantitative estimate of drug-likeness (QED) is 0.289. The number of nitrogens with zero attached hydrogens (tertiary/aromatic N) is 2. The normalized spacial score (nSPS) is 11.1. The number of benzene rings is 1. The van der Waals surface area contributed by atoms with Crippen molar-refractivity contribution in [1.29, 1.82) is 0 Å². The molecule has 1 aromatic rings. The van der Waals surface area contributed by atoms with E-state index in [1.165, 1.54) is 7.11 Å². The van der Waals surface area contributed by atoms with Gasteiger partial charge >= 0.3 is 17.9 Å². The van der Waals surface area contributed by atoms with Gasteiger partial charge in [-0.05, 0) is 12.5 Å². The topological polar surface area (TPSA) is 142 Å². The number of nitro groups is 1. The van der Waals surface area contributed by atoms with Crippen LogP contribution in [-0.2, 0) is 10.9 Å². The Balaban J connectivity index is 3.37. The van der Waals surface area contributed by atoms with Crippen LogP contribution in [0.1, 0.15) is 22.3 Å². The Morgan fingerprint density at radius 2 is 1.96 bits per heavy atom. The minimum Gasteiger partial charge on any atom is -0.504 e. The second kappa shape index (κ2) is 8.53. The summed E-state index contributed by atoms with van der Waals surface area (Å²) in [6.07, 6.45) is -4.94. The van der Waals surface area contributed by atoms with Gasteiger partial charge in [0.2, 0.25) is 5.75 Å². The molecule has 0 aliphatic rings. The summed E-state index contributed by atoms with van der Waals surface area (Å²) in [5, 5.41) is 32.2. The van der Waals surface area contributed by atoms with Crippen LogP contribution in [0.4, 0.5) is 23.7 Å². The third-order valence-electron chi connectivity index (χ3n) is 3.37. The van der Waals surface area contributed by atoms with Crippen LogP contribution < -0.4 is 5.32 Å². The molecule has 0 radical (unpaired) electrons. The maximum Gasteiger partial charge on any atom is 0.417 e. The van der Waals surface area contributed by atoms with Gasteiger partial charge in [0.25, 0.3) is 5.91 Å². The highest BCUT2D eigenvalue weighted by Gasteiger charge is 2.44. The lowest BCUT2D eigenvalue weighted by molar-refractivity contribution is -0.386. The van der Waals surface area contributed by atoms with Crippen molar-refractivity contribution in [3.63, 3.8) is 0 Å². The number of rotatable bonds is 6. The van der Waals surface area contributed by atoms with Crippen LogP contribution in [0.5, 0.6) is 11.5 Å². The van der Waals surface area contributed by atoms with Crippen LogP contribution in [-0.4, -0.2) is 59.3 Å². The van der Waals surface area contributed by atoms with E-state index < -0.39 is 51.4 Å². The van der Waals surface area contributed by atoms with E-state index in [1.807, 2.05) is 0 Å². The summed E-state index contributed by atoms with van der Waals surface area (Å²) in [4.78, 5) is 34.1. The van der Waals surface area contributed by atoms with E-state index in [0.717, 1.165) is 7.05 Å². The molecule has 150 valence electrons. The third-order valence-corrected chi connectivity index (χ3v) is 3.37. The van der Waals surface area contributed by atoms with Crippen LogP contribution >= 0.6 is 0 Å². The average molecular weight is 395 g/mol. The molecule has 0 aromatic heterocycles. The number of alkyl halides is 3. The number of urea groups is 1. The number of hydrogen-bond acceptors (Lipinski definition) is 7. The first-order valence-electron chi connectivity index (χ1n) is 7.28. The van der Waals surface area contributed by atoms with Crippen molar-refractivity contribution < 1.29 is 42.6 Å². The SMILES string of the molecule is COCCCNC(=O)N(C)C(=O)c1c(C(F)(F)F)cc(O)c(O)c1[N+](=O)[O-]. The van der Waals surface area contributed by atoms with Crippen molar-refractivity contribution in [2.75, 3.05) is 27.3 Å². The summed E-state index contributed by atoms with van der Waals surface area (Å²) < 4.78 is 44.4. The summed E-state index contributed by atoms with van der Waals surface area (Å²) in [6, 6.07) is -1.15. The number of methoxy groups -OCH3 is 1. The molecule has 0 aliphatic carbocycles. The minimum absolute atomic E-state index is 0.0271. The third kappa shape index (κ3) is 4.97. The zero-order valence-electron chi connectivity index (χ0n) is 14.2. The van der Waals surface area contributed by atoms with Crippen LogP contribution in [0.3, 0.4) is 0 Å². The maximum atomic E-state index is 13.2. The number of carbonyl (C=O) groups is 2. The summed E-state index contributed by atoms with van der Waals surface area (Å²) in [6.45, 7) is 0.298. The molecule has 0 saturated heterocycles. The van der Waals surface area contributed by atoms with Crippen LogP contribution in [0.2, 0.25) is 0 Å². The van der Waals surface area contributed by atoms with E-state index >= 15 is 0 Å². The number of nitro benzene ring substituents is 1. The first-order chi connectivity index (χ1) is 12.4. The van der Waals surface area contributed by atoms with E-state index in [0.29, 0.717) is 6.42 Å².